The minimum absolute atomic E-state index is 0.0522. The lowest BCUT2D eigenvalue weighted by Gasteiger charge is -2.34. The summed E-state index contributed by atoms with van der Waals surface area (Å²) in [5.41, 5.74) is 2.38. The second-order valence-corrected chi connectivity index (χ2v) is 5.41. The Kier molecular flexibility index (Phi) is 3.74. The zero-order chi connectivity index (χ0) is 14.8. The van der Waals surface area contributed by atoms with Gasteiger partial charge in [0, 0.05) is 37.9 Å². The lowest BCUT2D eigenvalue weighted by Crippen LogP contribution is -2.48. The van der Waals surface area contributed by atoms with Gasteiger partial charge in [-0.25, -0.2) is 0 Å². The third kappa shape index (κ3) is 2.97. The number of rotatable bonds is 3. The van der Waals surface area contributed by atoms with E-state index in [9.17, 15) is 4.79 Å². The molecule has 112 valence electrons. The summed E-state index contributed by atoms with van der Waals surface area (Å²) in [6.07, 6.45) is 1.60. The van der Waals surface area contributed by atoms with Crippen LogP contribution in [-0.4, -0.2) is 57.2 Å². The van der Waals surface area contributed by atoms with E-state index < -0.39 is 0 Å². The normalized spacial score (nSPS) is 16.4. The predicted octanol–water partition coefficient (Wildman–Crippen LogP) is 0.973. The first-order chi connectivity index (χ1) is 10.1. The summed E-state index contributed by atoms with van der Waals surface area (Å²) >= 11 is 0. The zero-order valence-corrected chi connectivity index (χ0v) is 12.3. The second kappa shape index (κ2) is 5.69. The van der Waals surface area contributed by atoms with Crippen molar-refractivity contribution in [2.75, 3.05) is 26.2 Å². The van der Waals surface area contributed by atoms with E-state index in [0.717, 1.165) is 49.9 Å². The highest BCUT2D eigenvalue weighted by molar-refractivity contribution is 5.95. The number of carbonyl (C=O) groups is 1. The molecular weight excluding hydrogens is 270 g/mol. The molecule has 0 saturated carbocycles. The summed E-state index contributed by atoms with van der Waals surface area (Å²) in [7, 11) is 0. The van der Waals surface area contributed by atoms with E-state index in [0.29, 0.717) is 5.56 Å². The van der Waals surface area contributed by atoms with Crippen LogP contribution in [0.15, 0.2) is 16.8 Å². The Hall–Kier alpha value is -2.15. The molecule has 1 aliphatic heterocycles. The van der Waals surface area contributed by atoms with Gasteiger partial charge in [-0.2, -0.15) is 5.10 Å². The van der Waals surface area contributed by atoms with Crippen molar-refractivity contribution in [3.8, 4) is 0 Å². The number of aryl methyl sites for hydroxylation is 2. The van der Waals surface area contributed by atoms with Gasteiger partial charge in [-0.1, -0.05) is 5.16 Å². The van der Waals surface area contributed by atoms with Crippen LogP contribution in [0.1, 0.15) is 27.5 Å². The van der Waals surface area contributed by atoms with Gasteiger partial charge in [-0.15, -0.1) is 0 Å². The first-order valence-electron chi connectivity index (χ1n) is 7.07. The average Bonchev–Trinajstić information content (AvgIpc) is 3.08. The fourth-order valence-corrected chi connectivity index (χ4v) is 2.56. The highest BCUT2D eigenvalue weighted by Gasteiger charge is 2.24. The van der Waals surface area contributed by atoms with Gasteiger partial charge in [-0.3, -0.25) is 14.8 Å². The Bertz CT molecular complexity index is 625. The summed E-state index contributed by atoms with van der Waals surface area (Å²) in [5, 5.41) is 10.6. The number of aromatic amines is 1. The largest absolute Gasteiger partial charge is 0.360 e. The summed E-state index contributed by atoms with van der Waals surface area (Å²) in [6, 6.07) is 1.95. The fraction of sp³-hybridized carbons (Fsp3) is 0.500. The fourth-order valence-electron chi connectivity index (χ4n) is 2.56. The Morgan fingerprint density at radius 2 is 2.10 bits per heavy atom. The molecular formula is C14H19N5O2. The molecule has 0 unspecified atom stereocenters. The Morgan fingerprint density at radius 3 is 2.67 bits per heavy atom. The van der Waals surface area contributed by atoms with E-state index in [2.05, 4.69) is 20.3 Å². The molecule has 3 rings (SSSR count). The first kappa shape index (κ1) is 13.8. The average molecular weight is 289 g/mol. The monoisotopic (exact) mass is 289 g/mol. The van der Waals surface area contributed by atoms with Gasteiger partial charge in [0.2, 0.25) is 0 Å². The van der Waals surface area contributed by atoms with Crippen LogP contribution >= 0.6 is 0 Å². The van der Waals surface area contributed by atoms with E-state index in [1.165, 1.54) is 0 Å². The smallest absolute Gasteiger partial charge is 0.257 e. The van der Waals surface area contributed by atoms with Gasteiger partial charge >= 0.3 is 0 Å². The molecule has 0 radical (unpaired) electrons. The van der Waals surface area contributed by atoms with Crippen LogP contribution in [0.3, 0.4) is 0 Å². The van der Waals surface area contributed by atoms with Crippen LogP contribution in [0.4, 0.5) is 0 Å². The quantitative estimate of drug-likeness (QED) is 0.911. The van der Waals surface area contributed by atoms with Crippen LogP contribution in [0, 0.1) is 13.8 Å². The molecule has 1 fully saturated rings. The van der Waals surface area contributed by atoms with E-state index in [1.807, 2.05) is 24.8 Å². The molecule has 1 saturated heterocycles. The van der Waals surface area contributed by atoms with Crippen molar-refractivity contribution in [3.05, 3.63) is 35.0 Å². The third-order valence-corrected chi connectivity index (χ3v) is 3.78. The molecule has 0 aliphatic carbocycles. The number of aromatic nitrogens is 3. The lowest BCUT2D eigenvalue weighted by molar-refractivity contribution is 0.0617. The molecule has 1 aliphatic rings. The van der Waals surface area contributed by atoms with Gasteiger partial charge in [-0.05, 0) is 13.8 Å². The molecule has 7 nitrogen and oxygen atoms in total. The maximum absolute atomic E-state index is 12.4. The Morgan fingerprint density at radius 1 is 1.33 bits per heavy atom. The molecule has 2 aromatic heterocycles. The number of hydrogen-bond donors (Lipinski definition) is 1. The van der Waals surface area contributed by atoms with Crippen LogP contribution in [0.25, 0.3) is 0 Å². The molecule has 0 atom stereocenters. The topological polar surface area (TPSA) is 78.3 Å². The number of carbonyl (C=O) groups excluding carboxylic acids is 1. The summed E-state index contributed by atoms with van der Waals surface area (Å²) < 4.78 is 5.23. The molecule has 0 aromatic carbocycles. The highest BCUT2D eigenvalue weighted by Crippen LogP contribution is 2.13. The van der Waals surface area contributed by atoms with Crippen molar-refractivity contribution in [2.24, 2.45) is 0 Å². The maximum atomic E-state index is 12.4. The maximum Gasteiger partial charge on any atom is 0.257 e. The number of nitrogens with zero attached hydrogens (tertiary/aromatic N) is 4. The molecule has 7 heteroatoms. The van der Waals surface area contributed by atoms with Crippen LogP contribution in [0.2, 0.25) is 0 Å². The Labute approximate surface area is 122 Å². The third-order valence-electron chi connectivity index (χ3n) is 3.78. The van der Waals surface area contributed by atoms with E-state index in [1.54, 1.807) is 6.20 Å². The molecule has 2 aromatic rings. The molecule has 0 bridgehead atoms. The van der Waals surface area contributed by atoms with E-state index in [4.69, 9.17) is 4.52 Å². The highest BCUT2D eigenvalue weighted by atomic mass is 16.5. The second-order valence-electron chi connectivity index (χ2n) is 5.41. The van der Waals surface area contributed by atoms with Gasteiger partial charge in [0.25, 0.3) is 5.91 Å². The van der Waals surface area contributed by atoms with Crippen molar-refractivity contribution >= 4 is 5.91 Å². The van der Waals surface area contributed by atoms with Gasteiger partial charge in [0.1, 0.15) is 0 Å². The number of piperazine rings is 1. The van der Waals surface area contributed by atoms with Gasteiger partial charge in [0.05, 0.1) is 24.0 Å². The van der Waals surface area contributed by atoms with Crippen LogP contribution < -0.4 is 0 Å². The number of nitrogens with one attached hydrogen (secondary N) is 1. The van der Waals surface area contributed by atoms with Gasteiger partial charge in [0.15, 0.2) is 5.76 Å². The predicted molar refractivity (Wildman–Crippen MR) is 75.7 cm³/mol. The number of hydrogen-bond acceptors (Lipinski definition) is 5. The van der Waals surface area contributed by atoms with Gasteiger partial charge < -0.3 is 9.42 Å². The molecule has 1 N–H and O–H groups in total. The van der Waals surface area contributed by atoms with Crippen molar-refractivity contribution in [1.82, 2.24) is 25.2 Å². The van der Waals surface area contributed by atoms with Crippen molar-refractivity contribution in [2.45, 2.75) is 20.4 Å². The van der Waals surface area contributed by atoms with E-state index >= 15 is 0 Å². The standard InChI is InChI=1S/C14H19N5O2/c1-10-7-12(21-17-10)9-18-3-5-19(6-4-18)14(20)13-8-15-16-11(13)2/h7-8H,3-6,9H2,1-2H3,(H,15,16). The molecule has 3 heterocycles. The van der Waals surface area contributed by atoms with Crippen LogP contribution in [0.5, 0.6) is 0 Å². The SMILES string of the molecule is Cc1cc(CN2CCN(C(=O)c3cn[nH]c3C)CC2)on1. The summed E-state index contributed by atoms with van der Waals surface area (Å²) in [6.45, 7) is 7.63. The number of amides is 1. The number of H-pyrrole nitrogens is 1. The molecule has 0 spiro atoms. The zero-order valence-electron chi connectivity index (χ0n) is 12.3. The molecule has 1 amide bonds. The summed E-state index contributed by atoms with van der Waals surface area (Å²) in [5.74, 6) is 0.925. The molecule has 21 heavy (non-hydrogen) atoms. The van der Waals surface area contributed by atoms with Crippen molar-refractivity contribution < 1.29 is 9.32 Å². The minimum atomic E-state index is 0.0522. The van der Waals surface area contributed by atoms with Crippen LogP contribution in [-0.2, 0) is 6.54 Å². The van der Waals surface area contributed by atoms with E-state index in [-0.39, 0.29) is 5.91 Å². The first-order valence-corrected chi connectivity index (χ1v) is 7.07. The van der Waals surface area contributed by atoms with Crippen molar-refractivity contribution in [3.63, 3.8) is 0 Å². The van der Waals surface area contributed by atoms with Crippen molar-refractivity contribution in [1.29, 1.82) is 0 Å². The lowest BCUT2D eigenvalue weighted by atomic mass is 10.2. The Balaban J connectivity index is 1.55. The minimum Gasteiger partial charge on any atom is -0.360 e. The summed E-state index contributed by atoms with van der Waals surface area (Å²) in [4.78, 5) is 16.5.